The molecule has 0 atom stereocenters. The molecule has 1 amide bonds. The van der Waals surface area contributed by atoms with E-state index in [0.717, 1.165) is 23.4 Å². The summed E-state index contributed by atoms with van der Waals surface area (Å²) in [6.45, 7) is 1.82. The summed E-state index contributed by atoms with van der Waals surface area (Å²) in [5, 5.41) is 7.03. The van der Waals surface area contributed by atoms with Crippen molar-refractivity contribution in [2.45, 2.75) is 26.2 Å². The molecule has 1 N–H and O–H groups in total. The number of fused-ring (bicyclic) bond motifs is 3. The lowest BCUT2D eigenvalue weighted by Crippen LogP contribution is -2.12. The van der Waals surface area contributed by atoms with E-state index in [1.807, 2.05) is 13.0 Å². The van der Waals surface area contributed by atoms with Crippen molar-refractivity contribution in [2.75, 3.05) is 5.32 Å². The van der Waals surface area contributed by atoms with Gasteiger partial charge in [0.2, 0.25) is 11.1 Å². The molecule has 0 fully saturated rings. The number of carbonyl (C=O) groups excluding carboxylic acids is 1. The van der Waals surface area contributed by atoms with E-state index in [9.17, 15) is 4.79 Å². The molecule has 4 nitrogen and oxygen atoms in total. The molecule has 2 aromatic carbocycles. The van der Waals surface area contributed by atoms with Gasteiger partial charge in [0, 0.05) is 17.7 Å². The molecule has 0 unspecified atom stereocenters. The summed E-state index contributed by atoms with van der Waals surface area (Å²) in [7, 11) is 0. The van der Waals surface area contributed by atoms with Crippen molar-refractivity contribution >= 4 is 23.2 Å². The third-order valence-corrected chi connectivity index (χ3v) is 4.91. The van der Waals surface area contributed by atoms with E-state index in [4.69, 9.17) is 16.1 Å². The van der Waals surface area contributed by atoms with Gasteiger partial charge in [-0.3, -0.25) is 4.79 Å². The minimum atomic E-state index is -0.0490. The normalized spacial score (nSPS) is 11.9. The van der Waals surface area contributed by atoms with E-state index in [0.29, 0.717) is 12.8 Å². The van der Waals surface area contributed by atoms with Crippen LogP contribution in [-0.2, 0) is 17.6 Å². The van der Waals surface area contributed by atoms with E-state index < -0.39 is 0 Å². The van der Waals surface area contributed by atoms with Crippen LogP contribution in [0.15, 0.2) is 47.0 Å². The van der Waals surface area contributed by atoms with Crippen molar-refractivity contribution in [3.8, 4) is 11.1 Å². The van der Waals surface area contributed by atoms with E-state index in [1.165, 1.54) is 22.3 Å². The molecular weight excluding hydrogens is 336 g/mol. The summed E-state index contributed by atoms with van der Waals surface area (Å²) in [5.41, 5.74) is 7.46. The number of hydrogen-bond acceptors (Lipinski definition) is 3. The summed E-state index contributed by atoms with van der Waals surface area (Å²) in [6.07, 6.45) is 1.75. The number of benzene rings is 2. The maximum absolute atomic E-state index is 12.2. The third kappa shape index (κ3) is 3.05. The van der Waals surface area contributed by atoms with Crippen molar-refractivity contribution in [3.63, 3.8) is 0 Å². The van der Waals surface area contributed by atoms with Crippen molar-refractivity contribution in [1.82, 2.24) is 5.16 Å². The SMILES string of the molecule is Cc1noc(Cl)c1CCC(=O)Nc1ccc2c(c1)Cc1ccccc1-2. The number of aromatic nitrogens is 1. The van der Waals surface area contributed by atoms with Crippen LogP contribution in [-0.4, -0.2) is 11.1 Å². The lowest BCUT2D eigenvalue weighted by atomic mass is 10.1. The first-order valence-corrected chi connectivity index (χ1v) is 8.61. The van der Waals surface area contributed by atoms with Crippen molar-refractivity contribution < 1.29 is 9.32 Å². The zero-order valence-electron chi connectivity index (χ0n) is 13.8. The summed E-state index contributed by atoms with van der Waals surface area (Å²) < 4.78 is 4.91. The van der Waals surface area contributed by atoms with Crippen LogP contribution in [0.5, 0.6) is 0 Å². The molecule has 3 aromatic rings. The highest BCUT2D eigenvalue weighted by Gasteiger charge is 2.18. The molecule has 126 valence electrons. The lowest BCUT2D eigenvalue weighted by Gasteiger charge is -2.08. The Morgan fingerprint density at radius 2 is 2.00 bits per heavy atom. The number of aryl methyl sites for hydroxylation is 1. The predicted molar refractivity (Wildman–Crippen MR) is 97.9 cm³/mol. The van der Waals surface area contributed by atoms with Gasteiger partial charge in [-0.25, -0.2) is 0 Å². The zero-order valence-corrected chi connectivity index (χ0v) is 14.6. The second-order valence-electron chi connectivity index (χ2n) is 6.27. The van der Waals surface area contributed by atoms with Gasteiger partial charge in [-0.15, -0.1) is 0 Å². The van der Waals surface area contributed by atoms with Gasteiger partial charge >= 0.3 is 0 Å². The number of rotatable bonds is 4. The summed E-state index contributed by atoms with van der Waals surface area (Å²) >= 11 is 5.94. The van der Waals surface area contributed by atoms with Gasteiger partial charge in [-0.05, 0) is 65.8 Å². The first-order chi connectivity index (χ1) is 12.1. The molecule has 1 aromatic heterocycles. The zero-order chi connectivity index (χ0) is 17.4. The Morgan fingerprint density at radius 3 is 2.80 bits per heavy atom. The molecule has 0 aliphatic heterocycles. The maximum atomic E-state index is 12.2. The standard InChI is InChI=1S/C20H17ClN2O2/c1-12-16(20(21)25-23-12)8-9-19(24)22-15-6-7-18-14(11-15)10-13-4-2-3-5-17(13)18/h2-7,11H,8-10H2,1H3,(H,22,24). The molecule has 0 saturated carbocycles. The molecule has 0 bridgehead atoms. The van der Waals surface area contributed by atoms with Crippen molar-refractivity contribution in [2.24, 2.45) is 0 Å². The molecule has 0 saturated heterocycles. The summed E-state index contributed by atoms with van der Waals surface area (Å²) in [4.78, 5) is 12.2. The number of carbonyl (C=O) groups is 1. The Hall–Kier alpha value is -2.59. The number of amides is 1. The van der Waals surface area contributed by atoms with Gasteiger partial charge in [0.05, 0.1) is 5.69 Å². The Bertz CT molecular complexity index is 943. The minimum absolute atomic E-state index is 0.0490. The smallest absolute Gasteiger partial charge is 0.229 e. The lowest BCUT2D eigenvalue weighted by molar-refractivity contribution is -0.116. The summed E-state index contributed by atoms with van der Waals surface area (Å²) in [5.74, 6) is -0.0490. The number of nitrogens with zero attached hydrogens (tertiary/aromatic N) is 1. The van der Waals surface area contributed by atoms with Crippen LogP contribution in [0.2, 0.25) is 5.22 Å². The predicted octanol–water partition coefficient (Wildman–Crippen LogP) is 4.78. The minimum Gasteiger partial charge on any atom is -0.344 e. The van der Waals surface area contributed by atoms with Gasteiger partial charge in [-0.1, -0.05) is 35.5 Å². The average Bonchev–Trinajstić information content (AvgIpc) is 3.12. The molecule has 5 heteroatoms. The molecule has 1 heterocycles. The van der Waals surface area contributed by atoms with Crippen LogP contribution >= 0.6 is 11.6 Å². The van der Waals surface area contributed by atoms with Gasteiger partial charge < -0.3 is 9.84 Å². The molecule has 0 spiro atoms. The highest BCUT2D eigenvalue weighted by Crippen LogP contribution is 2.37. The largest absolute Gasteiger partial charge is 0.344 e. The topological polar surface area (TPSA) is 55.1 Å². The Kier molecular flexibility index (Phi) is 4.06. The van der Waals surface area contributed by atoms with E-state index in [-0.39, 0.29) is 11.1 Å². The molecular formula is C20H17ClN2O2. The van der Waals surface area contributed by atoms with E-state index in [2.05, 4.69) is 46.9 Å². The molecule has 4 rings (SSSR count). The maximum Gasteiger partial charge on any atom is 0.229 e. The molecule has 0 radical (unpaired) electrons. The van der Waals surface area contributed by atoms with Gasteiger partial charge in [0.15, 0.2) is 0 Å². The highest BCUT2D eigenvalue weighted by molar-refractivity contribution is 6.29. The first kappa shape index (κ1) is 15.9. The van der Waals surface area contributed by atoms with Gasteiger partial charge in [0.1, 0.15) is 0 Å². The van der Waals surface area contributed by atoms with Crippen LogP contribution in [0, 0.1) is 6.92 Å². The summed E-state index contributed by atoms with van der Waals surface area (Å²) in [6, 6.07) is 14.5. The highest BCUT2D eigenvalue weighted by atomic mass is 35.5. The van der Waals surface area contributed by atoms with Crippen molar-refractivity contribution in [1.29, 1.82) is 0 Å². The molecule has 1 aliphatic carbocycles. The molecule has 25 heavy (non-hydrogen) atoms. The number of hydrogen-bond donors (Lipinski definition) is 1. The Balaban J connectivity index is 1.44. The quantitative estimate of drug-likeness (QED) is 0.575. The monoisotopic (exact) mass is 352 g/mol. The third-order valence-electron chi connectivity index (χ3n) is 4.62. The fraction of sp³-hybridized carbons (Fsp3) is 0.200. The van der Waals surface area contributed by atoms with Crippen LogP contribution in [0.3, 0.4) is 0 Å². The van der Waals surface area contributed by atoms with Crippen LogP contribution in [0.4, 0.5) is 5.69 Å². The fourth-order valence-electron chi connectivity index (χ4n) is 3.33. The van der Waals surface area contributed by atoms with Crippen LogP contribution in [0.25, 0.3) is 11.1 Å². The van der Waals surface area contributed by atoms with Crippen LogP contribution in [0.1, 0.15) is 28.8 Å². The number of halogens is 1. The van der Waals surface area contributed by atoms with E-state index in [1.54, 1.807) is 0 Å². The average molecular weight is 353 g/mol. The fourth-order valence-corrected chi connectivity index (χ4v) is 3.59. The first-order valence-electron chi connectivity index (χ1n) is 8.23. The number of nitrogens with one attached hydrogen (secondary N) is 1. The second-order valence-corrected chi connectivity index (χ2v) is 6.62. The number of anilines is 1. The van der Waals surface area contributed by atoms with Gasteiger partial charge in [0.25, 0.3) is 0 Å². The Morgan fingerprint density at radius 1 is 1.20 bits per heavy atom. The Labute approximate surface area is 150 Å². The van der Waals surface area contributed by atoms with Gasteiger partial charge in [-0.2, -0.15) is 0 Å². The van der Waals surface area contributed by atoms with E-state index >= 15 is 0 Å². The van der Waals surface area contributed by atoms with Crippen LogP contribution < -0.4 is 5.32 Å². The van der Waals surface area contributed by atoms with Crippen molar-refractivity contribution in [3.05, 3.63) is 70.1 Å². The molecule has 1 aliphatic rings. The second kappa shape index (κ2) is 6.37.